The van der Waals surface area contributed by atoms with Crippen molar-refractivity contribution in [2.45, 2.75) is 26.7 Å². The molecule has 0 saturated carbocycles. The molecule has 0 aromatic carbocycles. The zero-order valence-corrected chi connectivity index (χ0v) is 8.75. The number of aromatic nitrogens is 2. The van der Waals surface area contributed by atoms with Gasteiger partial charge in [-0.05, 0) is 30.4 Å². The summed E-state index contributed by atoms with van der Waals surface area (Å²) >= 11 is 0. The standard InChI is InChI=1S/C12H16N2/c1-9(2)10-3-5-11(6-4-10)12-7-8-13-14-12/h3,5,7-9H,4,6H2,1-2H3,(H,13,14). The Morgan fingerprint density at radius 3 is 2.64 bits per heavy atom. The van der Waals surface area contributed by atoms with E-state index in [2.05, 4.69) is 36.2 Å². The fourth-order valence-corrected chi connectivity index (χ4v) is 1.79. The zero-order valence-electron chi connectivity index (χ0n) is 8.75. The van der Waals surface area contributed by atoms with Crippen LogP contribution in [0.2, 0.25) is 0 Å². The number of H-pyrrole nitrogens is 1. The Morgan fingerprint density at radius 1 is 1.29 bits per heavy atom. The van der Waals surface area contributed by atoms with Gasteiger partial charge in [-0.3, -0.25) is 5.10 Å². The lowest BCUT2D eigenvalue weighted by Gasteiger charge is -2.16. The Labute approximate surface area is 84.7 Å². The second-order valence-corrected chi connectivity index (χ2v) is 4.06. The second-order valence-electron chi connectivity index (χ2n) is 4.06. The van der Waals surface area contributed by atoms with Gasteiger partial charge < -0.3 is 0 Å². The maximum absolute atomic E-state index is 3.96. The van der Waals surface area contributed by atoms with Gasteiger partial charge in [0.1, 0.15) is 0 Å². The monoisotopic (exact) mass is 188 g/mol. The van der Waals surface area contributed by atoms with E-state index in [1.807, 2.05) is 6.07 Å². The number of aromatic amines is 1. The summed E-state index contributed by atoms with van der Waals surface area (Å²) in [4.78, 5) is 0. The predicted molar refractivity (Wildman–Crippen MR) is 58.7 cm³/mol. The molecule has 0 radical (unpaired) electrons. The van der Waals surface area contributed by atoms with Gasteiger partial charge in [0.15, 0.2) is 0 Å². The highest BCUT2D eigenvalue weighted by atomic mass is 15.1. The average molecular weight is 188 g/mol. The van der Waals surface area contributed by atoms with Crippen molar-refractivity contribution in [3.8, 4) is 0 Å². The van der Waals surface area contributed by atoms with Crippen LogP contribution in [-0.4, -0.2) is 10.2 Å². The van der Waals surface area contributed by atoms with E-state index in [1.165, 1.54) is 12.0 Å². The van der Waals surface area contributed by atoms with Crippen LogP contribution in [0.4, 0.5) is 0 Å². The van der Waals surface area contributed by atoms with Crippen LogP contribution in [0.3, 0.4) is 0 Å². The van der Waals surface area contributed by atoms with E-state index in [0.717, 1.165) is 12.1 Å². The first-order chi connectivity index (χ1) is 6.77. The number of rotatable bonds is 2. The number of hydrogen-bond donors (Lipinski definition) is 1. The van der Waals surface area contributed by atoms with Crippen LogP contribution in [0.5, 0.6) is 0 Å². The van der Waals surface area contributed by atoms with Gasteiger partial charge in [-0.2, -0.15) is 5.10 Å². The summed E-state index contributed by atoms with van der Waals surface area (Å²) in [5.74, 6) is 0.676. The fraction of sp³-hybridized carbons (Fsp3) is 0.417. The summed E-state index contributed by atoms with van der Waals surface area (Å²) in [5, 5.41) is 6.97. The van der Waals surface area contributed by atoms with Crippen LogP contribution < -0.4 is 0 Å². The van der Waals surface area contributed by atoms with Gasteiger partial charge in [0, 0.05) is 6.20 Å². The maximum Gasteiger partial charge on any atom is 0.0609 e. The van der Waals surface area contributed by atoms with Gasteiger partial charge in [-0.1, -0.05) is 31.6 Å². The van der Waals surface area contributed by atoms with Crippen LogP contribution in [-0.2, 0) is 0 Å². The Balaban J connectivity index is 2.19. The number of nitrogens with zero attached hydrogens (tertiary/aromatic N) is 1. The lowest BCUT2D eigenvalue weighted by molar-refractivity contribution is 0.712. The van der Waals surface area contributed by atoms with Crippen LogP contribution in [0, 0.1) is 5.92 Å². The van der Waals surface area contributed by atoms with Gasteiger partial charge in [0.25, 0.3) is 0 Å². The first-order valence-electron chi connectivity index (χ1n) is 5.16. The SMILES string of the molecule is CC(C)C1=CC=C(c2ccn[nH]2)CC1. The summed E-state index contributed by atoms with van der Waals surface area (Å²) in [6.45, 7) is 4.50. The topological polar surface area (TPSA) is 28.7 Å². The molecule has 2 rings (SSSR count). The van der Waals surface area contributed by atoms with Crippen molar-refractivity contribution in [3.63, 3.8) is 0 Å². The molecule has 0 saturated heterocycles. The van der Waals surface area contributed by atoms with Crippen molar-refractivity contribution in [1.29, 1.82) is 0 Å². The summed E-state index contributed by atoms with van der Waals surface area (Å²) in [5.41, 5.74) is 4.07. The third-order valence-electron chi connectivity index (χ3n) is 2.77. The van der Waals surface area contributed by atoms with Gasteiger partial charge in [0.05, 0.1) is 5.69 Å². The Hall–Kier alpha value is -1.31. The molecule has 1 N–H and O–H groups in total. The Morgan fingerprint density at radius 2 is 2.14 bits per heavy atom. The second kappa shape index (κ2) is 3.82. The molecule has 2 heteroatoms. The lowest BCUT2D eigenvalue weighted by Crippen LogP contribution is -1.99. The minimum absolute atomic E-state index is 0.676. The van der Waals surface area contributed by atoms with E-state index in [9.17, 15) is 0 Å². The molecule has 1 aliphatic rings. The molecule has 1 aromatic heterocycles. The van der Waals surface area contributed by atoms with Crippen LogP contribution in [0.15, 0.2) is 30.0 Å². The van der Waals surface area contributed by atoms with Crippen molar-refractivity contribution in [2.75, 3.05) is 0 Å². The van der Waals surface area contributed by atoms with E-state index in [-0.39, 0.29) is 0 Å². The molecule has 0 bridgehead atoms. The van der Waals surface area contributed by atoms with E-state index in [0.29, 0.717) is 5.92 Å². The smallest absolute Gasteiger partial charge is 0.0609 e. The molecular formula is C12H16N2. The van der Waals surface area contributed by atoms with E-state index in [4.69, 9.17) is 0 Å². The number of allylic oxidation sites excluding steroid dienone is 4. The first kappa shape index (κ1) is 9.25. The molecule has 0 unspecified atom stereocenters. The summed E-state index contributed by atoms with van der Waals surface area (Å²) in [7, 11) is 0. The Kier molecular flexibility index (Phi) is 2.53. The minimum atomic E-state index is 0.676. The molecule has 1 heterocycles. The van der Waals surface area contributed by atoms with Crippen molar-refractivity contribution < 1.29 is 0 Å². The lowest BCUT2D eigenvalue weighted by atomic mass is 9.90. The molecular weight excluding hydrogens is 172 g/mol. The zero-order chi connectivity index (χ0) is 9.97. The van der Waals surface area contributed by atoms with E-state index >= 15 is 0 Å². The summed E-state index contributed by atoms with van der Waals surface area (Å²) in [6.07, 6.45) is 8.59. The third-order valence-corrected chi connectivity index (χ3v) is 2.77. The van der Waals surface area contributed by atoms with Crippen LogP contribution in [0.25, 0.3) is 5.57 Å². The molecule has 1 aromatic rings. The molecule has 2 nitrogen and oxygen atoms in total. The third kappa shape index (κ3) is 1.79. The summed E-state index contributed by atoms with van der Waals surface area (Å²) in [6, 6.07) is 2.03. The molecule has 0 aliphatic heterocycles. The molecule has 0 fully saturated rings. The van der Waals surface area contributed by atoms with Gasteiger partial charge >= 0.3 is 0 Å². The Bertz CT molecular complexity index is 356. The van der Waals surface area contributed by atoms with Gasteiger partial charge in [0.2, 0.25) is 0 Å². The minimum Gasteiger partial charge on any atom is -0.278 e. The van der Waals surface area contributed by atoms with E-state index in [1.54, 1.807) is 11.8 Å². The quantitative estimate of drug-likeness (QED) is 0.758. The molecule has 74 valence electrons. The van der Waals surface area contributed by atoms with Crippen LogP contribution >= 0.6 is 0 Å². The number of nitrogens with one attached hydrogen (secondary N) is 1. The molecule has 1 aliphatic carbocycles. The average Bonchev–Trinajstić information content (AvgIpc) is 2.71. The highest BCUT2D eigenvalue weighted by Gasteiger charge is 2.10. The highest BCUT2D eigenvalue weighted by molar-refractivity contribution is 5.65. The van der Waals surface area contributed by atoms with Crippen molar-refractivity contribution in [3.05, 3.63) is 35.7 Å². The largest absolute Gasteiger partial charge is 0.278 e. The van der Waals surface area contributed by atoms with E-state index < -0.39 is 0 Å². The number of hydrogen-bond acceptors (Lipinski definition) is 1. The summed E-state index contributed by atoms with van der Waals surface area (Å²) < 4.78 is 0. The normalized spacial score (nSPS) is 16.8. The first-order valence-corrected chi connectivity index (χ1v) is 5.16. The molecule has 0 atom stereocenters. The predicted octanol–water partition coefficient (Wildman–Crippen LogP) is 3.17. The van der Waals surface area contributed by atoms with Crippen molar-refractivity contribution in [2.24, 2.45) is 5.92 Å². The van der Waals surface area contributed by atoms with Gasteiger partial charge in [-0.15, -0.1) is 0 Å². The maximum atomic E-state index is 3.96. The highest BCUT2D eigenvalue weighted by Crippen LogP contribution is 2.28. The molecule has 0 spiro atoms. The molecule has 0 amide bonds. The fourth-order valence-electron chi connectivity index (χ4n) is 1.79. The van der Waals surface area contributed by atoms with Crippen molar-refractivity contribution >= 4 is 5.57 Å². The van der Waals surface area contributed by atoms with Crippen LogP contribution in [0.1, 0.15) is 32.4 Å². The van der Waals surface area contributed by atoms with Gasteiger partial charge in [-0.25, -0.2) is 0 Å². The molecule has 14 heavy (non-hydrogen) atoms. The van der Waals surface area contributed by atoms with Crippen molar-refractivity contribution in [1.82, 2.24) is 10.2 Å².